The topological polar surface area (TPSA) is 75.3 Å². The van der Waals surface area contributed by atoms with E-state index in [4.69, 9.17) is 16.3 Å². The lowest BCUT2D eigenvalue weighted by atomic mass is 9.95. The van der Waals surface area contributed by atoms with Crippen molar-refractivity contribution in [1.82, 2.24) is 10.2 Å². The zero-order chi connectivity index (χ0) is 23.1. The molecule has 0 fully saturated rings. The zero-order valence-electron chi connectivity index (χ0n) is 18.0. The van der Waals surface area contributed by atoms with Crippen molar-refractivity contribution in [3.8, 4) is 11.3 Å². The molecule has 6 nitrogen and oxygen atoms in total. The minimum absolute atomic E-state index is 0.180. The number of amides is 1. The first-order chi connectivity index (χ1) is 16.0. The van der Waals surface area contributed by atoms with E-state index in [0.29, 0.717) is 22.0 Å². The third-order valence-corrected chi connectivity index (χ3v) is 6.10. The monoisotopic (exact) mass is 457 g/mol. The number of ether oxygens (including phenoxy) is 1. The van der Waals surface area contributed by atoms with Crippen LogP contribution in [-0.4, -0.2) is 29.2 Å². The van der Waals surface area contributed by atoms with E-state index < -0.39 is 12.0 Å². The number of carbonyl (C=O) groups excluding carboxylic acids is 2. The van der Waals surface area contributed by atoms with E-state index in [9.17, 15) is 9.59 Å². The number of aryl methyl sites for hydroxylation is 1. The van der Waals surface area contributed by atoms with Gasteiger partial charge < -0.3 is 4.74 Å². The fraction of sp³-hybridized carbons (Fsp3) is 0.115. The molecule has 1 N–H and O–H groups in total. The molecule has 0 aliphatic carbocycles. The van der Waals surface area contributed by atoms with Crippen LogP contribution in [0.2, 0.25) is 5.02 Å². The van der Waals surface area contributed by atoms with E-state index in [-0.39, 0.29) is 5.91 Å². The summed E-state index contributed by atoms with van der Waals surface area (Å²) in [7, 11) is 1.35. The molecule has 4 aromatic rings. The Kier molecular flexibility index (Phi) is 5.23. The Morgan fingerprint density at radius 2 is 1.67 bits per heavy atom. The Balaban J connectivity index is 1.68. The minimum atomic E-state index is -0.435. The molecule has 0 saturated heterocycles. The van der Waals surface area contributed by atoms with Crippen LogP contribution >= 0.6 is 11.6 Å². The number of anilines is 1. The third-order valence-electron chi connectivity index (χ3n) is 5.85. The number of benzene rings is 3. The van der Waals surface area contributed by atoms with Gasteiger partial charge >= 0.3 is 5.97 Å². The van der Waals surface area contributed by atoms with Crippen molar-refractivity contribution in [3.05, 3.63) is 106 Å². The lowest BCUT2D eigenvalue weighted by molar-refractivity contribution is 0.0600. The standard InChI is InChI=1S/C26H20ClN3O3/c1-15-3-5-16(6-4-15)22-21-23(29-28-22)25(31)30(20-13-11-19(27)12-14-20)24(21)17-7-9-18(10-8-17)26(32)33-2/h3-14,24H,1-2H3,(H,28,29)/t24-/m0/s1. The molecular weight excluding hydrogens is 438 g/mol. The van der Waals surface area contributed by atoms with Gasteiger partial charge in [0.1, 0.15) is 5.69 Å². The molecule has 0 spiro atoms. The van der Waals surface area contributed by atoms with Crippen LogP contribution < -0.4 is 4.90 Å². The van der Waals surface area contributed by atoms with E-state index in [0.717, 1.165) is 27.9 Å². The summed E-state index contributed by atoms with van der Waals surface area (Å²) in [6.07, 6.45) is 0. The van der Waals surface area contributed by atoms with Gasteiger partial charge in [0, 0.05) is 21.8 Å². The second-order valence-electron chi connectivity index (χ2n) is 7.89. The number of nitrogens with one attached hydrogen (secondary N) is 1. The number of hydrogen-bond donors (Lipinski definition) is 1. The quantitative estimate of drug-likeness (QED) is 0.406. The Labute approximate surface area is 195 Å². The summed E-state index contributed by atoms with van der Waals surface area (Å²) in [6, 6.07) is 21.8. The number of halogens is 1. The number of methoxy groups -OCH3 is 1. The molecule has 2 heterocycles. The molecule has 7 heteroatoms. The molecule has 0 bridgehead atoms. The van der Waals surface area contributed by atoms with Gasteiger partial charge in [-0.15, -0.1) is 0 Å². The van der Waals surface area contributed by atoms with Crippen LogP contribution in [0, 0.1) is 6.92 Å². The maximum atomic E-state index is 13.5. The SMILES string of the molecule is COC(=O)c1ccc([C@H]2c3c(-c4ccc(C)cc4)n[nH]c3C(=O)N2c2ccc(Cl)cc2)cc1. The number of carbonyl (C=O) groups is 2. The summed E-state index contributed by atoms with van der Waals surface area (Å²) in [5, 5.41) is 8.04. The predicted molar refractivity (Wildman–Crippen MR) is 127 cm³/mol. The number of aromatic amines is 1. The van der Waals surface area contributed by atoms with Crippen LogP contribution in [0.25, 0.3) is 11.3 Å². The van der Waals surface area contributed by atoms with Gasteiger partial charge in [0.15, 0.2) is 0 Å². The largest absolute Gasteiger partial charge is 0.465 e. The van der Waals surface area contributed by atoms with E-state index in [1.54, 1.807) is 29.2 Å². The van der Waals surface area contributed by atoms with E-state index in [1.807, 2.05) is 55.5 Å². The predicted octanol–water partition coefficient (Wildman–Crippen LogP) is 5.57. The summed E-state index contributed by atoms with van der Waals surface area (Å²) < 4.78 is 4.82. The van der Waals surface area contributed by atoms with Crippen molar-refractivity contribution in [3.63, 3.8) is 0 Å². The number of hydrogen-bond acceptors (Lipinski definition) is 4. The van der Waals surface area contributed by atoms with Gasteiger partial charge in [-0.2, -0.15) is 5.10 Å². The molecule has 1 aliphatic rings. The highest BCUT2D eigenvalue weighted by molar-refractivity contribution is 6.30. The van der Waals surface area contributed by atoms with Crippen LogP contribution in [-0.2, 0) is 4.74 Å². The molecule has 1 aromatic heterocycles. The summed E-state index contributed by atoms with van der Waals surface area (Å²) in [5.74, 6) is -0.594. The lowest BCUT2D eigenvalue weighted by Crippen LogP contribution is -2.29. The molecule has 0 saturated carbocycles. The number of H-pyrrole nitrogens is 1. The lowest BCUT2D eigenvalue weighted by Gasteiger charge is -2.26. The van der Waals surface area contributed by atoms with Gasteiger partial charge in [-0.25, -0.2) is 4.79 Å². The second-order valence-corrected chi connectivity index (χ2v) is 8.33. The fourth-order valence-corrected chi connectivity index (χ4v) is 4.31. The van der Waals surface area contributed by atoms with Crippen molar-refractivity contribution >= 4 is 29.2 Å². The summed E-state index contributed by atoms with van der Waals surface area (Å²) in [5.41, 5.74) is 6.02. The highest BCUT2D eigenvalue weighted by atomic mass is 35.5. The van der Waals surface area contributed by atoms with Crippen LogP contribution in [0.4, 0.5) is 5.69 Å². The normalized spacial score (nSPS) is 14.9. The molecule has 1 aliphatic heterocycles. The van der Waals surface area contributed by atoms with Crippen molar-refractivity contribution < 1.29 is 14.3 Å². The van der Waals surface area contributed by atoms with Gasteiger partial charge in [0.05, 0.1) is 24.4 Å². The molecule has 5 rings (SSSR count). The smallest absolute Gasteiger partial charge is 0.337 e. The molecule has 0 radical (unpaired) electrons. The van der Waals surface area contributed by atoms with Crippen molar-refractivity contribution in [1.29, 1.82) is 0 Å². The zero-order valence-corrected chi connectivity index (χ0v) is 18.8. The second kappa shape index (κ2) is 8.22. The molecule has 1 atom stereocenters. The van der Waals surface area contributed by atoms with Gasteiger partial charge in [0.25, 0.3) is 5.91 Å². The van der Waals surface area contributed by atoms with Crippen LogP contribution in [0.1, 0.15) is 43.6 Å². The average molecular weight is 458 g/mol. The van der Waals surface area contributed by atoms with E-state index in [1.165, 1.54) is 7.11 Å². The van der Waals surface area contributed by atoms with E-state index >= 15 is 0 Å². The van der Waals surface area contributed by atoms with Crippen molar-refractivity contribution in [2.45, 2.75) is 13.0 Å². The Morgan fingerprint density at radius 1 is 1.00 bits per heavy atom. The van der Waals surface area contributed by atoms with Crippen molar-refractivity contribution in [2.75, 3.05) is 12.0 Å². The highest BCUT2D eigenvalue weighted by Gasteiger charge is 2.43. The van der Waals surface area contributed by atoms with Crippen LogP contribution in [0.15, 0.2) is 72.8 Å². The number of fused-ring (bicyclic) bond motifs is 1. The fourth-order valence-electron chi connectivity index (χ4n) is 4.18. The van der Waals surface area contributed by atoms with Crippen LogP contribution in [0.3, 0.4) is 0 Å². The number of aromatic nitrogens is 2. The minimum Gasteiger partial charge on any atom is -0.465 e. The first-order valence-corrected chi connectivity index (χ1v) is 10.8. The average Bonchev–Trinajstić information content (AvgIpc) is 3.39. The van der Waals surface area contributed by atoms with Crippen molar-refractivity contribution in [2.24, 2.45) is 0 Å². The van der Waals surface area contributed by atoms with Gasteiger partial charge in [-0.1, -0.05) is 53.6 Å². The molecular formula is C26H20ClN3O3. The van der Waals surface area contributed by atoms with Crippen LogP contribution in [0.5, 0.6) is 0 Å². The molecule has 164 valence electrons. The molecule has 1 amide bonds. The van der Waals surface area contributed by atoms with E-state index in [2.05, 4.69) is 10.2 Å². The molecule has 0 unspecified atom stereocenters. The van der Waals surface area contributed by atoms with Gasteiger partial charge in [0.2, 0.25) is 0 Å². The molecule has 3 aromatic carbocycles. The molecule has 33 heavy (non-hydrogen) atoms. The highest BCUT2D eigenvalue weighted by Crippen LogP contribution is 2.45. The number of nitrogens with zero attached hydrogens (tertiary/aromatic N) is 2. The number of rotatable bonds is 4. The van der Waals surface area contributed by atoms with Gasteiger partial charge in [-0.05, 0) is 48.9 Å². The maximum Gasteiger partial charge on any atom is 0.337 e. The Bertz CT molecular complexity index is 1340. The first kappa shape index (κ1) is 21.0. The maximum absolute atomic E-state index is 13.5. The summed E-state index contributed by atoms with van der Waals surface area (Å²) >= 11 is 6.09. The Hall–Kier alpha value is -3.90. The third kappa shape index (κ3) is 3.58. The first-order valence-electron chi connectivity index (χ1n) is 10.4. The summed E-state index contributed by atoms with van der Waals surface area (Å²) in [6.45, 7) is 2.02. The van der Waals surface area contributed by atoms with Gasteiger partial charge in [-0.3, -0.25) is 14.8 Å². The summed E-state index contributed by atoms with van der Waals surface area (Å²) in [4.78, 5) is 27.2. The Morgan fingerprint density at radius 3 is 2.30 bits per heavy atom. The number of esters is 1.